The Morgan fingerprint density at radius 2 is 1.45 bits per heavy atom. The molecule has 0 bridgehead atoms. The van der Waals surface area contributed by atoms with Crippen LogP contribution in [0, 0.1) is 5.41 Å². The van der Waals surface area contributed by atoms with Crippen LogP contribution in [-0.4, -0.2) is 7.11 Å². The Morgan fingerprint density at radius 1 is 0.818 bits per heavy atom. The number of benzene rings is 2. The Morgan fingerprint density at radius 3 is 2.05 bits per heavy atom. The van der Waals surface area contributed by atoms with Crippen LogP contribution in [0.2, 0.25) is 0 Å². The molecular weight excluding hydrogens is 268 g/mol. The van der Waals surface area contributed by atoms with E-state index < -0.39 is 0 Å². The number of hydrogen-bond acceptors (Lipinski definition) is 1. The Labute approximate surface area is 133 Å². The van der Waals surface area contributed by atoms with Crippen LogP contribution in [0.25, 0.3) is 11.1 Å². The smallest absolute Gasteiger partial charge is 0.118 e. The first-order valence-corrected chi connectivity index (χ1v) is 7.67. The Balaban J connectivity index is 2.20. The van der Waals surface area contributed by atoms with Gasteiger partial charge in [-0.2, -0.15) is 0 Å². The summed E-state index contributed by atoms with van der Waals surface area (Å²) in [5.41, 5.74) is 6.68. The second-order valence-electron chi connectivity index (χ2n) is 6.39. The molecule has 2 aromatic rings. The number of methoxy groups -OCH3 is 1. The maximum atomic E-state index is 5.28. The van der Waals surface area contributed by atoms with E-state index in [0.717, 1.165) is 5.75 Å². The molecule has 22 heavy (non-hydrogen) atoms. The average Bonchev–Trinajstić information content (AvgIpc) is 2.77. The van der Waals surface area contributed by atoms with Crippen LogP contribution in [0.5, 0.6) is 5.75 Å². The lowest BCUT2D eigenvalue weighted by Gasteiger charge is -2.23. The van der Waals surface area contributed by atoms with Crippen molar-refractivity contribution >= 4 is 11.1 Å². The first-order chi connectivity index (χ1) is 10.5. The highest BCUT2D eigenvalue weighted by atomic mass is 16.5. The molecule has 0 heterocycles. The highest BCUT2D eigenvalue weighted by molar-refractivity contribution is 6.03. The van der Waals surface area contributed by atoms with Gasteiger partial charge in [0.15, 0.2) is 0 Å². The Hall–Kier alpha value is -2.28. The minimum atomic E-state index is 0.0424. The largest absolute Gasteiger partial charge is 0.497 e. The van der Waals surface area contributed by atoms with Crippen molar-refractivity contribution in [2.45, 2.75) is 20.8 Å². The van der Waals surface area contributed by atoms with Crippen molar-refractivity contribution in [3.05, 3.63) is 77.4 Å². The molecule has 0 aliphatic heterocycles. The van der Waals surface area contributed by atoms with Gasteiger partial charge in [-0.3, -0.25) is 0 Å². The molecule has 0 saturated heterocycles. The molecule has 0 amide bonds. The van der Waals surface area contributed by atoms with E-state index >= 15 is 0 Å². The summed E-state index contributed by atoms with van der Waals surface area (Å²) in [7, 11) is 1.70. The summed E-state index contributed by atoms with van der Waals surface area (Å²) in [6.45, 7) is 6.78. The summed E-state index contributed by atoms with van der Waals surface area (Å²) < 4.78 is 5.28. The summed E-state index contributed by atoms with van der Waals surface area (Å²) in [5.74, 6) is 0.893. The third kappa shape index (κ3) is 2.48. The van der Waals surface area contributed by atoms with E-state index in [-0.39, 0.29) is 5.41 Å². The van der Waals surface area contributed by atoms with Crippen molar-refractivity contribution in [2.24, 2.45) is 5.41 Å². The molecule has 0 saturated carbocycles. The fourth-order valence-electron chi connectivity index (χ4n) is 3.46. The molecule has 0 unspecified atom stereocenters. The van der Waals surface area contributed by atoms with Gasteiger partial charge in [0.25, 0.3) is 0 Å². The zero-order valence-corrected chi connectivity index (χ0v) is 13.7. The average molecular weight is 290 g/mol. The van der Waals surface area contributed by atoms with Gasteiger partial charge in [0.2, 0.25) is 0 Å². The van der Waals surface area contributed by atoms with Crippen molar-refractivity contribution < 1.29 is 4.74 Å². The Bertz CT molecular complexity index is 731. The summed E-state index contributed by atoms with van der Waals surface area (Å²) in [5, 5.41) is 0. The molecule has 0 aromatic heterocycles. The first-order valence-electron chi connectivity index (χ1n) is 7.67. The third-order valence-corrected chi connectivity index (χ3v) is 4.31. The van der Waals surface area contributed by atoms with Gasteiger partial charge in [0.1, 0.15) is 5.75 Å². The fourth-order valence-corrected chi connectivity index (χ4v) is 3.46. The summed E-state index contributed by atoms with van der Waals surface area (Å²) in [6.07, 6.45) is 2.37. The second-order valence-corrected chi connectivity index (χ2v) is 6.39. The molecule has 1 aliphatic carbocycles. The molecule has 0 N–H and O–H groups in total. The quantitative estimate of drug-likeness (QED) is 0.715. The van der Waals surface area contributed by atoms with Crippen LogP contribution < -0.4 is 4.74 Å². The van der Waals surface area contributed by atoms with Crippen LogP contribution in [0.3, 0.4) is 0 Å². The normalized spacial score (nSPS) is 16.6. The van der Waals surface area contributed by atoms with Crippen molar-refractivity contribution in [2.75, 3.05) is 7.11 Å². The van der Waals surface area contributed by atoms with Gasteiger partial charge < -0.3 is 4.74 Å². The highest BCUT2D eigenvalue weighted by Gasteiger charge is 2.32. The van der Waals surface area contributed by atoms with Gasteiger partial charge in [-0.05, 0) is 46.9 Å². The number of allylic oxidation sites excluding steroid dienone is 4. The lowest BCUT2D eigenvalue weighted by atomic mass is 9.81. The predicted molar refractivity (Wildman–Crippen MR) is 93.8 cm³/mol. The van der Waals surface area contributed by atoms with Gasteiger partial charge in [0, 0.05) is 5.41 Å². The molecule has 0 fully saturated rings. The van der Waals surface area contributed by atoms with Crippen molar-refractivity contribution in [1.82, 2.24) is 0 Å². The molecule has 0 radical (unpaired) electrons. The number of hydrogen-bond donors (Lipinski definition) is 0. The third-order valence-electron chi connectivity index (χ3n) is 4.31. The van der Waals surface area contributed by atoms with Gasteiger partial charge in [-0.15, -0.1) is 0 Å². The van der Waals surface area contributed by atoms with Gasteiger partial charge in [-0.25, -0.2) is 0 Å². The molecule has 0 spiro atoms. The minimum absolute atomic E-state index is 0.0424. The van der Waals surface area contributed by atoms with E-state index in [0.29, 0.717) is 0 Å². The maximum Gasteiger partial charge on any atom is 0.118 e. The van der Waals surface area contributed by atoms with Crippen LogP contribution >= 0.6 is 0 Å². The number of rotatable bonds is 3. The molecule has 1 heteroatoms. The van der Waals surface area contributed by atoms with Gasteiger partial charge >= 0.3 is 0 Å². The summed E-state index contributed by atoms with van der Waals surface area (Å²) in [6, 6.07) is 19.0. The van der Waals surface area contributed by atoms with Gasteiger partial charge in [0.05, 0.1) is 7.11 Å². The van der Waals surface area contributed by atoms with E-state index in [1.807, 2.05) is 12.1 Å². The van der Waals surface area contributed by atoms with Gasteiger partial charge in [-0.1, -0.05) is 62.4 Å². The molecule has 3 rings (SSSR count). The van der Waals surface area contributed by atoms with Crippen LogP contribution in [0.1, 0.15) is 31.9 Å². The lowest BCUT2D eigenvalue weighted by Crippen LogP contribution is -2.08. The van der Waals surface area contributed by atoms with E-state index in [9.17, 15) is 0 Å². The first kappa shape index (κ1) is 14.6. The van der Waals surface area contributed by atoms with Crippen molar-refractivity contribution in [3.63, 3.8) is 0 Å². The summed E-state index contributed by atoms with van der Waals surface area (Å²) in [4.78, 5) is 0. The van der Waals surface area contributed by atoms with Crippen molar-refractivity contribution in [1.29, 1.82) is 0 Å². The SMILES string of the molecule is COc1ccc(C2=C(c3ccccc3)C(C)(C)C=C2C)cc1. The predicted octanol–water partition coefficient (Wildman–Crippen LogP) is 5.59. The summed E-state index contributed by atoms with van der Waals surface area (Å²) >= 11 is 0. The fraction of sp³-hybridized carbons (Fsp3) is 0.238. The van der Waals surface area contributed by atoms with E-state index in [2.05, 4.69) is 69.3 Å². The maximum absolute atomic E-state index is 5.28. The monoisotopic (exact) mass is 290 g/mol. The molecular formula is C21H22O. The lowest BCUT2D eigenvalue weighted by molar-refractivity contribution is 0.415. The molecule has 112 valence electrons. The highest BCUT2D eigenvalue weighted by Crippen LogP contribution is 2.50. The van der Waals surface area contributed by atoms with Crippen LogP contribution in [0.4, 0.5) is 0 Å². The molecule has 1 aliphatic rings. The second kappa shape index (κ2) is 5.49. The van der Waals surface area contributed by atoms with Crippen LogP contribution in [-0.2, 0) is 0 Å². The standard InChI is InChI=1S/C21H22O/c1-15-14-21(2,3)20(17-8-6-5-7-9-17)19(15)16-10-12-18(22-4)13-11-16/h5-14H,1-4H3. The van der Waals surface area contributed by atoms with Crippen molar-refractivity contribution in [3.8, 4) is 5.75 Å². The zero-order chi connectivity index (χ0) is 15.7. The minimum Gasteiger partial charge on any atom is -0.497 e. The number of ether oxygens (including phenoxy) is 1. The van der Waals surface area contributed by atoms with E-state index in [1.165, 1.54) is 27.8 Å². The van der Waals surface area contributed by atoms with E-state index in [1.54, 1.807) is 7.11 Å². The topological polar surface area (TPSA) is 9.23 Å². The Kier molecular flexibility index (Phi) is 3.66. The van der Waals surface area contributed by atoms with E-state index in [4.69, 9.17) is 4.74 Å². The molecule has 1 nitrogen and oxygen atoms in total. The van der Waals surface area contributed by atoms with Crippen LogP contribution in [0.15, 0.2) is 66.2 Å². The molecule has 2 aromatic carbocycles. The zero-order valence-electron chi connectivity index (χ0n) is 13.7. The molecule has 0 atom stereocenters.